The third-order valence-electron chi connectivity index (χ3n) is 3.69. The third-order valence-corrected chi connectivity index (χ3v) is 3.69. The number of fused-ring (bicyclic) bond motifs is 1. The van der Waals surface area contributed by atoms with Crippen molar-refractivity contribution in [2.75, 3.05) is 13.7 Å². The molecule has 1 saturated carbocycles. The van der Waals surface area contributed by atoms with Gasteiger partial charge in [-0.1, -0.05) is 12.1 Å². The fourth-order valence-electron chi connectivity index (χ4n) is 2.80. The SMILES string of the molecule is COc1cccc(C23CNC(C2)C3)c1. The predicted octanol–water partition coefficient (Wildman–Crippen LogP) is 1.70. The van der Waals surface area contributed by atoms with Crippen LogP contribution in [0.1, 0.15) is 18.4 Å². The second-order valence-corrected chi connectivity index (χ2v) is 4.50. The van der Waals surface area contributed by atoms with Crippen molar-refractivity contribution in [1.82, 2.24) is 5.32 Å². The maximum Gasteiger partial charge on any atom is 0.119 e. The Balaban J connectivity index is 1.96. The zero-order valence-electron chi connectivity index (χ0n) is 8.42. The van der Waals surface area contributed by atoms with Crippen LogP contribution in [0, 0.1) is 0 Å². The molecule has 4 rings (SSSR count). The number of ether oxygens (including phenoxy) is 1. The first-order valence-corrected chi connectivity index (χ1v) is 5.20. The minimum absolute atomic E-state index is 0.430. The van der Waals surface area contributed by atoms with E-state index in [-0.39, 0.29) is 0 Å². The molecule has 3 fully saturated rings. The molecule has 74 valence electrons. The van der Waals surface area contributed by atoms with Crippen molar-refractivity contribution in [2.24, 2.45) is 0 Å². The van der Waals surface area contributed by atoms with Crippen LogP contribution in [0.4, 0.5) is 0 Å². The summed E-state index contributed by atoms with van der Waals surface area (Å²) in [6, 6.07) is 9.29. The maximum absolute atomic E-state index is 5.26. The van der Waals surface area contributed by atoms with E-state index in [4.69, 9.17) is 4.74 Å². The highest BCUT2D eigenvalue weighted by molar-refractivity contribution is 5.38. The summed E-state index contributed by atoms with van der Waals surface area (Å²) >= 11 is 0. The highest BCUT2D eigenvalue weighted by Gasteiger charge is 2.51. The quantitative estimate of drug-likeness (QED) is 0.764. The molecule has 0 amide bonds. The first kappa shape index (κ1) is 8.30. The number of hydrogen-bond acceptors (Lipinski definition) is 2. The minimum Gasteiger partial charge on any atom is -0.497 e. The van der Waals surface area contributed by atoms with E-state index in [1.807, 2.05) is 6.07 Å². The molecule has 1 aromatic rings. The van der Waals surface area contributed by atoms with Crippen molar-refractivity contribution in [3.8, 4) is 5.75 Å². The van der Waals surface area contributed by atoms with Crippen LogP contribution in [-0.4, -0.2) is 19.7 Å². The van der Waals surface area contributed by atoms with Gasteiger partial charge in [-0.05, 0) is 30.5 Å². The summed E-state index contributed by atoms with van der Waals surface area (Å²) in [6.45, 7) is 1.14. The fourth-order valence-corrected chi connectivity index (χ4v) is 2.80. The van der Waals surface area contributed by atoms with E-state index in [1.165, 1.54) is 18.4 Å². The standard InChI is InChI=1S/C12H15NO/c1-14-11-4-2-3-9(5-11)12-6-10(7-12)13-8-12/h2-5,10,13H,6-8H2,1H3. The minimum atomic E-state index is 0.430. The molecular weight excluding hydrogens is 174 g/mol. The van der Waals surface area contributed by atoms with Gasteiger partial charge in [0, 0.05) is 18.0 Å². The summed E-state index contributed by atoms with van der Waals surface area (Å²) < 4.78 is 5.26. The van der Waals surface area contributed by atoms with Gasteiger partial charge in [-0.3, -0.25) is 0 Å². The molecule has 0 aromatic heterocycles. The Kier molecular flexibility index (Phi) is 1.62. The van der Waals surface area contributed by atoms with Gasteiger partial charge in [0.25, 0.3) is 0 Å². The molecule has 0 radical (unpaired) electrons. The molecule has 2 heteroatoms. The van der Waals surface area contributed by atoms with Crippen molar-refractivity contribution in [3.63, 3.8) is 0 Å². The lowest BCUT2D eigenvalue weighted by Gasteiger charge is -2.37. The Morgan fingerprint density at radius 1 is 1.43 bits per heavy atom. The Labute approximate surface area is 84.3 Å². The molecule has 3 aliphatic rings. The van der Waals surface area contributed by atoms with Gasteiger partial charge in [0.15, 0.2) is 0 Å². The van der Waals surface area contributed by atoms with E-state index >= 15 is 0 Å². The van der Waals surface area contributed by atoms with Crippen molar-refractivity contribution in [2.45, 2.75) is 24.3 Å². The lowest BCUT2D eigenvalue weighted by atomic mass is 9.66. The average molecular weight is 189 g/mol. The first-order chi connectivity index (χ1) is 6.82. The molecule has 1 aliphatic carbocycles. The van der Waals surface area contributed by atoms with Crippen molar-refractivity contribution < 1.29 is 4.74 Å². The highest BCUT2D eigenvalue weighted by atomic mass is 16.5. The normalized spacial score (nSPS) is 33.9. The molecule has 0 spiro atoms. The molecule has 0 atom stereocenters. The van der Waals surface area contributed by atoms with Crippen LogP contribution in [0.3, 0.4) is 0 Å². The van der Waals surface area contributed by atoms with Crippen LogP contribution < -0.4 is 10.1 Å². The highest BCUT2D eigenvalue weighted by Crippen LogP contribution is 2.48. The maximum atomic E-state index is 5.26. The molecule has 2 heterocycles. The number of benzene rings is 1. The van der Waals surface area contributed by atoms with Crippen LogP contribution in [0.5, 0.6) is 5.75 Å². The Morgan fingerprint density at radius 3 is 2.93 bits per heavy atom. The molecular formula is C12H15NO. The number of methoxy groups -OCH3 is 1. The lowest BCUT2D eigenvalue weighted by Crippen LogP contribution is -2.37. The number of hydrogen-bond donors (Lipinski definition) is 1. The van der Waals surface area contributed by atoms with Crippen LogP contribution >= 0.6 is 0 Å². The van der Waals surface area contributed by atoms with Crippen molar-refractivity contribution in [1.29, 1.82) is 0 Å². The Bertz CT molecular complexity index is 350. The second kappa shape index (κ2) is 2.74. The van der Waals surface area contributed by atoms with Gasteiger partial charge in [-0.15, -0.1) is 0 Å². The van der Waals surface area contributed by atoms with Gasteiger partial charge in [-0.25, -0.2) is 0 Å². The van der Waals surface area contributed by atoms with Gasteiger partial charge in [0.1, 0.15) is 5.75 Å². The van der Waals surface area contributed by atoms with E-state index in [2.05, 4.69) is 23.5 Å². The molecule has 14 heavy (non-hydrogen) atoms. The summed E-state index contributed by atoms with van der Waals surface area (Å²) in [4.78, 5) is 0. The molecule has 0 unspecified atom stereocenters. The van der Waals surface area contributed by atoms with Gasteiger partial charge < -0.3 is 10.1 Å². The molecule has 2 aliphatic heterocycles. The van der Waals surface area contributed by atoms with Crippen LogP contribution in [0.15, 0.2) is 24.3 Å². The number of nitrogens with one attached hydrogen (secondary N) is 1. The van der Waals surface area contributed by atoms with E-state index in [1.54, 1.807) is 7.11 Å². The zero-order valence-corrected chi connectivity index (χ0v) is 8.42. The van der Waals surface area contributed by atoms with Crippen LogP contribution in [-0.2, 0) is 5.41 Å². The molecule has 2 nitrogen and oxygen atoms in total. The topological polar surface area (TPSA) is 21.3 Å². The summed E-state index contributed by atoms with van der Waals surface area (Å²) in [7, 11) is 1.73. The van der Waals surface area contributed by atoms with Crippen molar-refractivity contribution >= 4 is 0 Å². The first-order valence-electron chi connectivity index (χ1n) is 5.20. The van der Waals surface area contributed by atoms with E-state index in [0.29, 0.717) is 5.41 Å². The fraction of sp³-hybridized carbons (Fsp3) is 0.500. The largest absolute Gasteiger partial charge is 0.497 e. The van der Waals surface area contributed by atoms with Gasteiger partial charge in [-0.2, -0.15) is 0 Å². The molecule has 2 bridgehead atoms. The molecule has 1 N–H and O–H groups in total. The van der Waals surface area contributed by atoms with Crippen LogP contribution in [0.2, 0.25) is 0 Å². The summed E-state index contributed by atoms with van der Waals surface area (Å²) in [5.74, 6) is 0.979. The summed E-state index contributed by atoms with van der Waals surface area (Å²) in [5, 5.41) is 3.53. The van der Waals surface area contributed by atoms with E-state index in [9.17, 15) is 0 Å². The van der Waals surface area contributed by atoms with Gasteiger partial charge in [0.2, 0.25) is 0 Å². The average Bonchev–Trinajstić information content (AvgIpc) is 2.77. The van der Waals surface area contributed by atoms with Crippen LogP contribution in [0.25, 0.3) is 0 Å². The monoisotopic (exact) mass is 189 g/mol. The smallest absolute Gasteiger partial charge is 0.119 e. The number of rotatable bonds is 2. The lowest BCUT2D eigenvalue weighted by molar-refractivity contribution is 0.303. The Morgan fingerprint density at radius 2 is 2.29 bits per heavy atom. The second-order valence-electron chi connectivity index (χ2n) is 4.50. The van der Waals surface area contributed by atoms with E-state index < -0.39 is 0 Å². The van der Waals surface area contributed by atoms with E-state index in [0.717, 1.165) is 18.3 Å². The summed E-state index contributed by atoms with van der Waals surface area (Å²) in [5.41, 5.74) is 1.87. The van der Waals surface area contributed by atoms with Gasteiger partial charge in [0.05, 0.1) is 7.11 Å². The third kappa shape index (κ3) is 1.01. The zero-order chi connectivity index (χ0) is 9.60. The van der Waals surface area contributed by atoms with Gasteiger partial charge >= 0.3 is 0 Å². The summed E-state index contributed by atoms with van der Waals surface area (Å²) in [6.07, 6.45) is 2.61. The van der Waals surface area contributed by atoms with Crippen molar-refractivity contribution in [3.05, 3.63) is 29.8 Å². The molecule has 2 saturated heterocycles. The molecule has 1 aromatic carbocycles. The Hall–Kier alpha value is -1.02. The predicted molar refractivity (Wildman–Crippen MR) is 55.7 cm³/mol.